The molecule has 1 aromatic rings. The topological polar surface area (TPSA) is 45.2 Å². The monoisotopic (exact) mass is 398 g/mol. The molecule has 0 aromatic heterocycles. The highest BCUT2D eigenvalue weighted by Gasteiger charge is 2.19. The number of likely N-dealkylation sites (tertiary alicyclic amines) is 1. The molecule has 1 N–H and O–H groups in total. The molecule has 2 aliphatic rings. The zero-order valence-electron chi connectivity index (χ0n) is 16.1. The number of hydrogen-bond donors (Lipinski definition) is 1. The summed E-state index contributed by atoms with van der Waals surface area (Å²) in [7, 11) is 1.63. The first kappa shape index (κ1) is 20.7. The highest BCUT2D eigenvalue weighted by molar-refractivity contribution is 7.99. The van der Waals surface area contributed by atoms with Crippen LogP contribution in [-0.2, 0) is 6.54 Å². The lowest BCUT2D eigenvalue weighted by molar-refractivity contribution is 0.0704. The summed E-state index contributed by atoms with van der Waals surface area (Å²) in [6, 6.07) is 5.90. The van der Waals surface area contributed by atoms with Crippen molar-refractivity contribution in [3.63, 3.8) is 0 Å². The average molecular weight is 399 g/mol. The second-order valence-corrected chi connectivity index (χ2v) is 8.54. The van der Waals surface area contributed by atoms with Crippen molar-refractivity contribution >= 4 is 11.8 Å². The maximum Gasteiger partial charge on any atom is 0.161 e. The Balaban J connectivity index is 1.49. The number of methoxy groups -OCH3 is 1. The van der Waals surface area contributed by atoms with Crippen molar-refractivity contribution < 1.29 is 19.0 Å². The molecule has 2 aliphatic heterocycles. The Kier molecular flexibility index (Phi) is 8.06. The molecule has 0 radical (unpaired) electrons. The van der Waals surface area contributed by atoms with E-state index in [1.54, 1.807) is 7.11 Å². The largest absolute Gasteiger partial charge is 0.493 e. The van der Waals surface area contributed by atoms with Crippen LogP contribution in [0.2, 0.25) is 0 Å². The Morgan fingerprint density at radius 2 is 1.89 bits per heavy atom. The summed E-state index contributed by atoms with van der Waals surface area (Å²) in [5, 5.41) is 10.3. The van der Waals surface area contributed by atoms with Crippen molar-refractivity contribution in [1.29, 1.82) is 0 Å². The number of ether oxygens (including phenoxy) is 2. The number of piperidine rings is 1. The van der Waals surface area contributed by atoms with Crippen molar-refractivity contribution in [3.8, 4) is 11.5 Å². The van der Waals surface area contributed by atoms with Crippen LogP contribution in [0.5, 0.6) is 11.5 Å². The summed E-state index contributed by atoms with van der Waals surface area (Å²) in [5.74, 6) is 3.59. The first-order chi connectivity index (χ1) is 13.1. The Morgan fingerprint density at radius 1 is 1.15 bits per heavy atom. The third-order valence-corrected chi connectivity index (χ3v) is 6.10. The van der Waals surface area contributed by atoms with Gasteiger partial charge in [-0.3, -0.25) is 9.80 Å². The van der Waals surface area contributed by atoms with Crippen molar-refractivity contribution in [3.05, 3.63) is 23.8 Å². The summed E-state index contributed by atoms with van der Waals surface area (Å²) in [4.78, 5) is 4.55. The highest BCUT2D eigenvalue weighted by atomic mass is 32.2. The van der Waals surface area contributed by atoms with E-state index in [2.05, 4.69) is 9.80 Å². The molecule has 0 amide bonds. The van der Waals surface area contributed by atoms with Crippen LogP contribution in [0.25, 0.3) is 0 Å². The number of aliphatic hydroxyl groups is 1. The second kappa shape index (κ2) is 10.5. The number of aliphatic hydroxyl groups excluding tert-OH is 1. The van der Waals surface area contributed by atoms with Gasteiger partial charge in [0, 0.05) is 50.8 Å². The minimum Gasteiger partial charge on any atom is -0.493 e. The highest BCUT2D eigenvalue weighted by Crippen LogP contribution is 2.29. The summed E-state index contributed by atoms with van der Waals surface area (Å²) >= 11 is 1.96. The molecule has 2 heterocycles. The maximum atomic E-state index is 13.3. The third-order valence-electron chi connectivity index (χ3n) is 5.16. The van der Waals surface area contributed by atoms with E-state index in [1.165, 1.54) is 0 Å². The van der Waals surface area contributed by atoms with Crippen LogP contribution in [0.4, 0.5) is 4.39 Å². The molecule has 0 spiro atoms. The smallest absolute Gasteiger partial charge is 0.161 e. The molecule has 27 heavy (non-hydrogen) atoms. The number of benzene rings is 1. The molecule has 2 saturated heterocycles. The minimum atomic E-state index is -0.651. The zero-order valence-corrected chi connectivity index (χ0v) is 16.9. The van der Waals surface area contributed by atoms with Gasteiger partial charge < -0.3 is 14.6 Å². The van der Waals surface area contributed by atoms with Crippen LogP contribution in [0.3, 0.4) is 0 Å². The average Bonchev–Trinajstić information content (AvgIpc) is 2.69. The number of alkyl halides is 1. The molecule has 0 aliphatic carbocycles. The van der Waals surface area contributed by atoms with E-state index in [4.69, 9.17) is 9.47 Å². The minimum absolute atomic E-state index is 0.253. The molecule has 2 fully saturated rings. The van der Waals surface area contributed by atoms with Crippen LogP contribution in [0.15, 0.2) is 18.2 Å². The van der Waals surface area contributed by atoms with Gasteiger partial charge in [-0.25, -0.2) is 4.39 Å². The second-order valence-electron chi connectivity index (χ2n) is 7.31. The lowest BCUT2D eigenvalue weighted by Gasteiger charge is -2.29. The lowest BCUT2D eigenvalue weighted by Crippen LogP contribution is -2.40. The Hall–Kier alpha value is -1.02. The van der Waals surface area contributed by atoms with E-state index in [9.17, 15) is 9.50 Å². The van der Waals surface area contributed by atoms with Crippen molar-refractivity contribution in [1.82, 2.24) is 9.80 Å². The van der Waals surface area contributed by atoms with Crippen LogP contribution in [0.1, 0.15) is 18.4 Å². The molecule has 1 atom stereocenters. The molecule has 7 heteroatoms. The first-order valence-electron chi connectivity index (χ1n) is 9.78. The van der Waals surface area contributed by atoms with Crippen molar-refractivity contribution in [2.75, 3.05) is 57.9 Å². The van der Waals surface area contributed by atoms with Gasteiger partial charge >= 0.3 is 0 Å². The molecule has 0 unspecified atom stereocenters. The van der Waals surface area contributed by atoms with Crippen LogP contribution < -0.4 is 9.47 Å². The zero-order chi connectivity index (χ0) is 19.1. The predicted octanol–water partition coefficient (Wildman–Crippen LogP) is 2.42. The van der Waals surface area contributed by atoms with Crippen LogP contribution >= 0.6 is 11.8 Å². The molecule has 152 valence electrons. The van der Waals surface area contributed by atoms with E-state index in [1.807, 2.05) is 30.0 Å². The van der Waals surface area contributed by atoms with Gasteiger partial charge in [0.25, 0.3) is 0 Å². The predicted molar refractivity (Wildman–Crippen MR) is 108 cm³/mol. The summed E-state index contributed by atoms with van der Waals surface area (Å²) in [6.07, 6.45) is 0.0684. The maximum absolute atomic E-state index is 13.3. The number of nitrogens with zero attached hydrogens (tertiary/aromatic N) is 2. The Labute approximate surface area is 165 Å². The normalized spacial score (nSPS) is 21.1. The fourth-order valence-electron chi connectivity index (χ4n) is 3.57. The summed E-state index contributed by atoms with van der Waals surface area (Å²) in [5.41, 5.74) is 1.13. The quantitative estimate of drug-likeness (QED) is 0.726. The van der Waals surface area contributed by atoms with E-state index < -0.39 is 12.3 Å². The standard InChI is InChI=1S/C20H31FN2O3S/c1-25-20-12-16(13-22-6-4-17(21)5-7-22)2-3-19(20)26-15-18(24)14-23-8-10-27-11-9-23/h2-3,12,17-18,24H,4-11,13-15H2,1H3/t18-/m1/s1. The van der Waals surface area contributed by atoms with Crippen LogP contribution in [-0.4, -0.2) is 85.1 Å². The first-order valence-corrected chi connectivity index (χ1v) is 10.9. The van der Waals surface area contributed by atoms with Crippen molar-refractivity contribution in [2.45, 2.75) is 31.7 Å². The van der Waals surface area contributed by atoms with Gasteiger partial charge in [-0.05, 0) is 30.5 Å². The molecular weight excluding hydrogens is 367 g/mol. The third kappa shape index (κ3) is 6.52. The van der Waals surface area contributed by atoms with E-state index >= 15 is 0 Å². The fraction of sp³-hybridized carbons (Fsp3) is 0.700. The van der Waals surface area contributed by atoms with Gasteiger partial charge in [0.2, 0.25) is 0 Å². The number of halogens is 1. The Morgan fingerprint density at radius 3 is 2.59 bits per heavy atom. The Bertz CT molecular complexity index is 578. The van der Waals surface area contributed by atoms with E-state index in [0.29, 0.717) is 30.9 Å². The summed E-state index contributed by atoms with van der Waals surface area (Å²) in [6.45, 7) is 5.33. The molecular formula is C20H31FN2O3S. The number of thioether (sulfide) groups is 1. The van der Waals surface area contributed by atoms with E-state index in [-0.39, 0.29) is 6.61 Å². The molecule has 1 aromatic carbocycles. The van der Waals surface area contributed by atoms with Crippen LogP contribution in [0, 0.1) is 0 Å². The van der Waals surface area contributed by atoms with Crippen molar-refractivity contribution in [2.24, 2.45) is 0 Å². The molecule has 5 nitrogen and oxygen atoms in total. The van der Waals surface area contributed by atoms with Gasteiger partial charge in [0.05, 0.1) is 7.11 Å². The molecule has 3 rings (SSSR count). The molecule has 0 bridgehead atoms. The van der Waals surface area contributed by atoms with Gasteiger partial charge in [-0.15, -0.1) is 0 Å². The molecule has 0 saturated carbocycles. The number of rotatable bonds is 8. The fourth-order valence-corrected chi connectivity index (χ4v) is 4.55. The van der Waals surface area contributed by atoms with E-state index in [0.717, 1.165) is 49.8 Å². The summed E-state index contributed by atoms with van der Waals surface area (Å²) < 4.78 is 24.6. The number of hydrogen-bond acceptors (Lipinski definition) is 6. The van der Waals surface area contributed by atoms with Gasteiger partial charge in [0.15, 0.2) is 11.5 Å². The van der Waals surface area contributed by atoms with Gasteiger partial charge in [-0.1, -0.05) is 6.07 Å². The number of β-amino-alcohol motifs (C(OH)–C–C–N with tert-alkyl or cyclic N) is 1. The van der Waals surface area contributed by atoms with Gasteiger partial charge in [0.1, 0.15) is 18.9 Å². The van der Waals surface area contributed by atoms with Gasteiger partial charge in [-0.2, -0.15) is 11.8 Å². The SMILES string of the molecule is COc1cc(CN2CCC(F)CC2)ccc1OC[C@H](O)CN1CCSCC1. The lowest BCUT2D eigenvalue weighted by atomic mass is 10.1.